The number of pyridine rings is 1. The minimum atomic E-state index is -1.00. The van der Waals surface area contributed by atoms with Crippen molar-refractivity contribution in [3.8, 4) is 12.3 Å². The van der Waals surface area contributed by atoms with Crippen LogP contribution in [0, 0.1) is 19.3 Å². The van der Waals surface area contributed by atoms with Crippen LogP contribution >= 0.6 is 0 Å². The van der Waals surface area contributed by atoms with E-state index in [0.717, 1.165) is 5.39 Å². The second-order valence-electron chi connectivity index (χ2n) is 6.66. The predicted octanol–water partition coefficient (Wildman–Crippen LogP) is 2.25. The Hall–Kier alpha value is -3.44. The summed E-state index contributed by atoms with van der Waals surface area (Å²) in [4.78, 5) is 24.8. The Balaban J connectivity index is 1.52. The molecule has 3 aromatic rings. The molecule has 8 heteroatoms. The fraction of sp³-hybridized carbons (Fsp3) is 0.300. The molecule has 1 saturated heterocycles. The van der Waals surface area contributed by atoms with E-state index in [1.165, 1.54) is 6.20 Å². The average molecular weight is 377 g/mol. The van der Waals surface area contributed by atoms with Gasteiger partial charge in [-0.2, -0.15) is 0 Å². The van der Waals surface area contributed by atoms with E-state index in [-0.39, 0.29) is 18.5 Å². The number of esters is 1. The Kier molecular flexibility index (Phi) is 4.45. The molecule has 1 aliphatic heterocycles. The van der Waals surface area contributed by atoms with Gasteiger partial charge in [0.25, 0.3) is 0 Å². The summed E-state index contributed by atoms with van der Waals surface area (Å²) in [5, 5.41) is 0.758. The quantitative estimate of drug-likeness (QED) is 0.549. The summed E-state index contributed by atoms with van der Waals surface area (Å²) in [5.41, 5.74) is 5.90. The molecule has 0 aliphatic carbocycles. The van der Waals surface area contributed by atoms with E-state index in [1.54, 1.807) is 25.1 Å². The number of nitrogens with zero attached hydrogens (tertiary/aromatic N) is 4. The van der Waals surface area contributed by atoms with Crippen molar-refractivity contribution in [3.05, 3.63) is 48.2 Å². The first-order valence-corrected chi connectivity index (χ1v) is 8.86. The summed E-state index contributed by atoms with van der Waals surface area (Å²) in [6.45, 7) is 1.73. The van der Waals surface area contributed by atoms with Crippen LogP contribution in [0.4, 0.5) is 5.82 Å². The van der Waals surface area contributed by atoms with Gasteiger partial charge < -0.3 is 19.8 Å². The summed E-state index contributed by atoms with van der Waals surface area (Å²) >= 11 is 0. The lowest BCUT2D eigenvalue weighted by molar-refractivity contribution is -0.0678. The van der Waals surface area contributed by atoms with E-state index >= 15 is 0 Å². The lowest BCUT2D eigenvalue weighted by atomic mass is 10.0. The highest BCUT2D eigenvalue weighted by molar-refractivity contribution is 5.87. The van der Waals surface area contributed by atoms with Crippen LogP contribution in [0.1, 0.15) is 35.4 Å². The van der Waals surface area contributed by atoms with Gasteiger partial charge >= 0.3 is 5.97 Å². The Labute approximate surface area is 161 Å². The lowest BCUT2D eigenvalue weighted by Crippen LogP contribution is -2.34. The molecule has 2 atom stereocenters. The predicted molar refractivity (Wildman–Crippen MR) is 102 cm³/mol. The number of anilines is 1. The maximum Gasteiger partial charge on any atom is 0.357 e. The fourth-order valence-electron chi connectivity index (χ4n) is 3.33. The van der Waals surface area contributed by atoms with Crippen LogP contribution in [0.5, 0.6) is 0 Å². The number of carbonyl (C=O) groups excluding carboxylic acids is 1. The van der Waals surface area contributed by atoms with Gasteiger partial charge in [0.15, 0.2) is 5.60 Å². The smallest absolute Gasteiger partial charge is 0.357 e. The lowest BCUT2D eigenvalue weighted by Gasteiger charge is -2.24. The SMILES string of the molecule is C#CC1(COC(=O)c2ccccn2)CCC(n2ccc3c(N)nc(C)nc32)O1. The monoisotopic (exact) mass is 377 g/mol. The number of fused-ring (bicyclic) bond motifs is 1. The zero-order valence-electron chi connectivity index (χ0n) is 15.3. The van der Waals surface area contributed by atoms with Crippen molar-refractivity contribution in [2.45, 2.75) is 31.6 Å². The van der Waals surface area contributed by atoms with Gasteiger partial charge in [-0.15, -0.1) is 6.42 Å². The molecule has 142 valence electrons. The Morgan fingerprint density at radius 2 is 2.32 bits per heavy atom. The number of aryl methyl sites for hydroxylation is 1. The minimum Gasteiger partial charge on any atom is -0.457 e. The molecular weight excluding hydrogens is 358 g/mol. The van der Waals surface area contributed by atoms with Gasteiger partial charge in [0.2, 0.25) is 0 Å². The van der Waals surface area contributed by atoms with Crippen LogP contribution in [0.3, 0.4) is 0 Å². The van der Waals surface area contributed by atoms with Crippen LogP contribution < -0.4 is 5.73 Å². The number of ether oxygens (including phenoxy) is 2. The van der Waals surface area contributed by atoms with Gasteiger partial charge in [0.05, 0.1) is 5.39 Å². The average Bonchev–Trinajstić information content (AvgIpc) is 3.31. The van der Waals surface area contributed by atoms with Crippen LogP contribution in [0.15, 0.2) is 36.7 Å². The molecule has 0 amide bonds. The standard InChI is InChI=1S/C20H19N5O3/c1-3-20(12-27-19(26)15-6-4-5-10-22-15)9-7-16(28-20)25-11-8-14-17(21)23-13(2)24-18(14)25/h1,4-6,8,10-11,16H,7,9,12H2,2H3,(H2,21,23,24). The van der Waals surface area contributed by atoms with Gasteiger partial charge in [0, 0.05) is 12.4 Å². The second kappa shape index (κ2) is 6.94. The maximum atomic E-state index is 12.2. The van der Waals surface area contributed by atoms with E-state index in [0.29, 0.717) is 30.1 Å². The van der Waals surface area contributed by atoms with Gasteiger partial charge in [-0.3, -0.25) is 0 Å². The summed E-state index contributed by atoms with van der Waals surface area (Å²) in [6.07, 6.45) is 9.98. The van der Waals surface area contributed by atoms with Crippen molar-refractivity contribution < 1.29 is 14.3 Å². The molecule has 2 unspecified atom stereocenters. The van der Waals surface area contributed by atoms with Crippen molar-refractivity contribution in [1.82, 2.24) is 19.5 Å². The molecule has 0 bridgehead atoms. The molecule has 2 N–H and O–H groups in total. The maximum absolute atomic E-state index is 12.2. The largest absolute Gasteiger partial charge is 0.457 e. The van der Waals surface area contributed by atoms with Gasteiger partial charge in [-0.1, -0.05) is 12.0 Å². The summed E-state index contributed by atoms with van der Waals surface area (Å²) in [5.74, 6) is 3.12. The van der Waals surface area contributed by atoms with Gasteiger partial charge in [0.1, 0.15) is 35.8 Å². The molecule has 1 fully saturated rings. The molecule has 0 spiro atoms. The Morgan fingerprint density at radius 1 is 1.46 bits per heavy atom. The number of carbonyl (C=O) groups is 1. The summed E-state index contributed by atoms with van der Waals surface area (Å²) in [6, 6.07) is 6.88. The molecule has 3 aromatic heterocycles. The summed E-state index contributed by atoms with van der Waals surface area (Å²) < 4.78 is 13.4. The molecule has 0 radical (unpaired) electrons. The Bertz CT molecular complexity index is 1070. The first kappa shape index (κ1) is 17.9. The topological polar surface area (TPSA) is 105 Å². The highest BCUT2D eigenvalue weighted by atomic mass is 16.6. The summed E-state index contributed by atoms with van der Waals surface area (Å²) in [7, 11) is 0. The van der Waals surface area contributed by atoms with E-state index in [1.807, 2.05) is 16.8 Å². The van der Waals surface area contributed by atoms with Crippen molar-refractivity contribution in [1.29, 1.82) is 0 Å². The van der Waals surface area contributed by atoms with Crippen molar-refractivity contribution in [3.63, 3.8) is 0 Å². The first-order valence-electron chi connectivity index (χ1n) is 8.86. The normalized spacial score (nSPS) is 21.5. The molecule has 4 heterocycles. The number of nitrogens with two attached hydrogens (primary N) is 1. The van der Waals surface area contributed by atoms with Crippen LogP contribution in [0.2, 0.25) is 0 Å². The zero-order chi connectivity index (χ0) is 19.7. The molecule has 4 rings (SSSR count). The van der Waals surface area contributed by atoms with E-state index in [4.69, 9.17) is 21.6 Å². The van der Waals surface area contributed by atoms with Gasteiger partial charge in [-0.05, 0) is 38.0 Å². The molecule has 8 nitrogen and oxygen atoms in total. The molecule has 28 heavy (non-hydrogen) atoms. The molecular formula is C20H19N5O3. The highest BCUT2D eigenvalue weighted by Crippen LogP contribution is 2.38. The molecule has 0 saturated carbocycles. The van der Waals surface area contributed by atoms with Crippen LogP contribution in [-0.2, 0) is 9.47 Å². The number of terminal acetylenes is 1. The fourth-order valence-corrected chi connectivity index (χ4v) is 3.33. The van der Waals surface area contributed by atoms with Crippen molar-refractivity contribution in [2.75, 3.05) is 12.3 Å². The van der Waals surface area contributed by atoms with Crippen molar-refractivity contribution >= 4 is 22.8 Å². The second-order valence-corrected chi connectivity index (χ2v) is 6.66. The van der Waals surface area contributed by atoms with Gasteiger partial charge in [-0.25, -0.2) is 19.7 Å². The number of rotatable bonds is 4. The van der Waals surface area contributed by atoms with E-state index in [2.05, 4.69) is 20.9 Å². The van der Waals surface area contributed by atoms with Crippen molar-refractivity contribution in [2.24, 2.45) is 0 Å². The number of nitrogen functional groups attached to an aromatic ring is 1. The number of aromatic nitrogens is 4. The van der Waals surface area contributed by atoms with Crippen LogP contribution in [0.25, 0.3) is 11.0 Å². The zero-order valence-corrected chi connectivity index (χ0v) is 15.3. The third-order valence-electron chi connectivity index (χ3n) is 4.75. The molecule has 1 aliphatic rings. The third kappa shape index (κ3) is 3.17. The highest BCUT2D eigenvalue weighted by Gasteiger charge is 2.41. The first-order chi connectivity index (χ1) is 13.5. The van der Waals surface area contributed by atoms with Crippen LogP contribution in [-0.4, -0.2) is 37.7 Å². The number of hydrogen-bond acceptors (Lipinski definition) is 7. The number of hydrogen-bond donors (Lipinski definition) is 1. The Morgan fingerprint density at radius 3 is 3.07 bits per heavy atom. The van der Waals surface area contributed by atoms with E-state index in [9.17, 15) is 4.79 Å². The molecule has 0 aromatic carbocycles. The minimum absolute atomic E-state index is 0.0508. The third-order valence-corrected chi connectivity index (χ3v) is 4.75. The van der Waals surface area contributed by atoms with E-state index < -0.39 is 11.6 Å².